The number of anilines is 1. The van der Waals surface area contributed by atoms with Crippen molar-refractivity contribution in [2.24, 2.45) is 0 Å². The van der Waals surface area contributed by atoms with Gasteiger partial charge < -0.3 is 9.73 Å². The molecule has 0 aliphatic heterocycles. The summed E-state index contributed by atoms with van der Waals surface area (Å²) in [5.74, 6) is 0.530. The van der Waals surface area contributed by atoms with Crippen molar-refractivity contribution in [1.82, 2.24) is 10.3 Å². The molecule has 0 saturated heterocycles. The van der Waals surface area contributed by atoms with Gasteiger partial charge in [0.1, 0.15) is 10.7 Å². The SMILES string of the molecule is CNCc1cc(S(=O)(=O)Nc2cncc(C)c2)c(Br)o1. The standard InChI is InChI=1S/C12H14BrN3O3S/c1-8-3-9(6-15-5-8)16-20(17,18)11-4-10(7-14-2)19-12(11)13/h3-6,14,16H,7H2,1-2H3. The Balaban J connectivity index is 2.30. The lowest BCUT2D eigenvalue weighted by molar-refractivity contribution is 0.470. The van der Waals surface area contributed by atoms with E-state index in [0.29, 0.717) is 18.0 Å². The molecule has 0 aliphatic rings. The van der Waals surface area contributed by atoms with Gasteiger partial charge in [-0.3, -0.25) is 9.71 Å². The predicted molar refractivity (Wildman–Crippen MR) is 79.0 cm³/mol. The monoisotopic (exact) mass is 359 g/mol. The lowest BCUT2D eigenvalue weighted by atomic mass is 10.3. The van der Waals surface area contributed by atoms with Gasteiger partial charge in [0.15, 0.2) is 4.67 Å². The lowest BCUT2D eigenvalue weighted by Crippen LogP contribution is -2.13. The maximum Gasteiger partial charge on any atom is 0.266 e. The molecule has 0 atom stereocenters. The van der Waals surface area contributed by atoms with Crippen LogP contribution in [0.15, 0.2) is 38.5 Å². The van der Waals surface area contributed by atoms with Crippen LogP contribution < -0.4 is 10.0 Å². The first kappa shape index (κ1) is 15.0. The van der Waals surface area contributed by atoms with Crippen molar-refractivity contribution < 1.29 is 12.8 Å². The number of rotatable bonds is 5. The fraction of sp³-hybridized carbons (Fsp3) is 0.250. The summed E-state index contributed by atoms with van der Waals surface area (Å²) < 4.78 is 32.6. The van der Waals surface area contributed by atoms with Crippen LogP contribution in [0.5, 0.6) is 0 Å². The first-order chi connectivity index (χ1) is 9.42. The lowest BCUT2D eigenvalue weighted by Gasteiger charge is -2.06. The third-order valence-corrected chi connectivity index (χ3v) is 4.71. The average Bonchev–Trinajstić information content (AvgIpc) is 2.71. The number of aromatic nitrogens is 1. The largest absolute Gasteiger partial charge is 0.451 e. The van der Waals surface area contributed by atoms with Crippen LogP contribution in [0.2, 0.25) is 0 Å². The minimum Gasteiger partial charge on any atom is -0.451 e. The van der Waals surface area contributed by atoms with Gasteiger partial charge in [-0.25, -0.2) is 8.42 Å². The Bertz CT molecular complexity index is 712. The molecule has 2 rings (SSSR count). The maximum absolute atomic E-state index is 12.3. The van der Waals surface area contributed by atoms with Gasteiger partial charge in [0.2, 0.25) is 0 Å². The Labute approximate surface area is 125 Å². The van der Waals surface area contributed by atoms with E-state index in [0.717, 1.165) is 5.56 Å². The van der Waals surface area contributed by atoms with Crippen molar-refractivity contribution in [3.8, 4) is 0 Å². The second kappa shape index (κ2) is 5.94. The Hall–Kier alpha value is -1.38. The van der Waals surface area contributed by atoms with Gasteiger partial charge in [0.05, 0.1) is 18.4 Å². The number of nitrogens with zero attached hydrogens (tertiary/aromatic N) is 1. The summed E-state index contributed by atoms with van der Waals surface area (Å²) >= 11 is 3.12. The van der Waals surface area contributed by atoms with Gasteiger partial charge >= 0.3 is 0 Å². The summed E-state index contributed by atoms with van der Waals surface area (Å²) in [6, 6.07) is 3.18. The van der Waals surface area contributed by atoms with Crippen molar-refractivity contribution in [3.05, 3.63) is 40.5 Å². The smallest absolute Gasteiger partial charge is 0.266 e. The van der Waals surface area contributed by atoms with Crippen LogP contribution in [0.1, 0.15) is 11.3 Å². The molecule has 8 heteroatoms. The van der Waals surface area contributed by atoms with Crippen LogP contribution in [0.3, 0.4) is 0 Å². The predicted octanol–water partition coefficient (Wildman–Crippen LogP) is 2.27. The molecule has 0 radical (unpaired) electrons. The van der Waals surface area contributed by atoms with Crippen molar-refractivity contribution in [3.63, 3.8) is 0 Å². The molecule has 0 unspecified atom stereocenters. The second-order valence-corrected chi connectivity index (χ2v) is 6.61. The van der Waals surface area contributed by atoms with Crippen LogP contribution in [-0.4, -0.2) is 20.4 Å². The number of hydrogen-bond donors (Lipinski definition) is 2. The molecular weight excluding hydrogens is 346 g/mol. The summed E-state index contributed by atoms with van der Waals surface area (Å²) in [5, 5.41) is 2.89. The van der Waals surface area contributed by atoms with Crippen LogP contribution in [0.25, 0.3) is 0 Å². The zero-order chi connectivity index (χ0) is 14.8. The molecule has 2 aromatic rings. The number of furan rings is 1. The van der Waals surface area contributed by atoms with E-state index in [2.05, 4.69) is 31.0 Å². The second-order valence-electron chi connectivity index (χ2n) is 4.24. The Morgan fingerprint density at radius 1 is 1.35 bits per heavy atom. The number of aryl methyl sites for hydroxylation is 1. The molecule has 0 fully saturated rings. The molecule has 0 spiro atoms. The van der Waals surface area contributed by atoms with Gasteiger partial charge in [0.25, 0.3) is 10.0 Å². The Morgan fingerprint density at radius 2 is 2.10 bits per heavy atom. The zero-order valence-corrected chi connectivity index (χ0v) is 13.4. The van der Waals surface area contributed by atoms with Crippen LogP contribution in [0.4, 0.5) is 5.69 Å². The number of sulfonamides is 1. The Morgan fingerprint density at radius 3 is 2.75 bits per heavy atom. The number of pyridine rings is 1. The first-order valence-corrected chi connectivity index (χ1v) is 8.07. The van der Waals surface area contributed by atoms with Crippen molar-refractivity contribution in [1.29, 1.82) is 0 Å². The van der Waals surface area contributed by atoms with Crippen LogP contribution in [-0.2, 0) is 16.6 Å². The highest BCUT2D eigenvalue weighted by molar-refractivity contribution is 9.10. The molecule has 2 heterocycles. The molecule has 2 aromatic heterocycles. The molecule has 0 bridgehead atoms. The van der Waals surface area contributed by atoms with E-state index in [4.69, 9.17) is 4.42 Å². The minimum atomic E-state index is -3.72. The molecule has 108 valence electrons. The third-order valence-electron chi connectivity index (χ3n) is 2.47. The molecule has 0 aromatic carbocycles. The van der Waals surface area contributed by atoms with Crippen molar-refractivity contribution in [2.45, 2.75) is 18.4 Å². The topological polar surface area (TPSA) is 84.2 Å². The average molecular weight is 360 g/mol. The van der Waals surface area contributed by atoms with Gasteiger partial charge in [-0.1, -0.05) is 0 Å². The summed E-state index contributed by atoms with van der Waals surface area (Å²) in [7, 11) is -1.97. The summed E-state index contributed by atoms with van der Waals surface area (Å²) in [6.07, 6.45) is 3.10. The van der Waals surface area contributed by atoms with E-state index in [1.54, 1.807) is 19.3 Å². The quantitative estimate of drug-likeness (QED) is 0.855. The van der Waals surface area contributed by atoms with Gasteiger partial charge in [-0.05, 0) is 41.5 Å². The summed E-state index contributed by atoms with van der Waals surface area (Å²) in [6.45, 7) is 2.28. The summed E-state index contributed by atoms with van der Waals surface area (Å²) in [4.78, 5) is 4.01. The van der Waals surface area contributed by atoms with Crippen molar-refractivity contribution in [2.75, 3.05) is 11.8 Å². The molecule has 20 heavy (non-hydrogen) atoms. The molecule has 0 saturated carbocycles. The van der Waals surface area contributed by atoms with Crippen LogP contribution in [0, 0.1) is 6.92 Å². The van der Waals surface area contributed by atoms with E-state index in [1.807, 2.05) is 6.92 Å². The molecule has 0 amide bonds. The van der Waals surface area contributed by atoms with Crippen molar-refractivity contribution >= 4 is 31.6 Å². The summed E-state index contributed by atoms with van der Waals surface area (Å²) in [5.41, 5.74) is 1.28. The highest BCUT2D eigenvalue weighted by Gasteiger charge is 2.22. The van der Waals surface area contributed by atoms with E-state index >= 15 is 0 Å². The molecular formula is C12H14BrN3O3S. The first-order valence-electron chi connectivity index (χ1n) is 5.79. The zero-order valence-electron chi connectivity index (χ0n) is 11.0. The van der Waals surface area contributed by atoms with Crippen LogP contribution >= 0.6 is 15.9 Å². The Kier molecular flexibility index (Phi) is 4.46. The van der Waals surface area contributed by atoms with Gasteiger partial charge in [-0.2, -0.15) is 0 Å². The molecule has 0 aliphatic carbocycles. The van der Waals surface area contributed by atoms with E-state index in [1.165, 1.54) is 12.3 Å². The van der Waals surface area contributed by atoms with E-state index < -0.39 is 10.0 Å². The maximum atomic E-state index is 12.3. The number of nitrogens with one attached hydrogen (secondary N) is 2. The molecule has 2 N–H and O–H groups in total. The minimum absolute atomic E-state index is 0.0595. The third kappa shape index (κ3) is 3.38. The number of hydrogen-bond acceptors (Lipinski definition) is 5. The normalized spacial score (nSPS) is 11.6. The van der Waals surface area contributed by atoms with Gasteiger partial charge in [-0.15, -0.1) is 0 Å². The van der Waals surface area contributed by atoms with E-state index in [9.17, 15) is 8.42 Å². The fourth-order valence-corrected chi connectivity index (χ4v) is 3.70. The van der Waals surface area contributed by atoms with E-state index in [-0.39, 0.29) is 9.56 Å². The fourth-order valence-electron chi connectivity index (χ4n) is 1.66. The highest BCUT2D eigenvalue weighted by atomic mass is 79.9. The molecule has 6 nitrogen and oxygen atoms in total. The number of halogens is 1. The highest BCUT2D eigenvalue weighted by Crippen LogP contribution is 2.27. The van der Waals surface area contributed by atoms with Gasteiger partial charge in [0, 0.05) is 12.3 Å².